The fourth-order valence-corrected chi connectivity index (χ4v) is 5.32. The number of hydrogen-bond donors (Lipinski definition) is 0. The van der Waals surface area contributed by atoms with Gasteiger partial charge in [-0.15, -0.1) is 0 Å². The van der Waals surface area contributed by atoms with Crippen molar-refractivity contribution in [2.24, 2.45) is 0 Å². The number of hydrogen-bond acceptors (Lipinski definition) is 4. The molecule has 0 radical (unpaired) electrons. The highest BCUT2D eigenvalue weighted by atomic mass is 16.5. The van der Waals surface area contributed by atoms with Gasteiger partial charge in [0.25, 0.3) is 11.8 Å². The molecule has 0 aromatic heterocycles. The minimum absolute atomic E-state index is 0.0980. The Bertz CT molecular complexity index is 1440. The molecule has 0 spiro atoms. The Hall–Kier alpha value is -4.58. The molecule has 6 heteroatoms. The Morgan fingerprint density at radius 2 is 0.826 bits per heavy atom. The summed E-state index contributed by atoms with van der Waals surface area (Å²) in [6, 6.07) is 35.5. The number of para-hydroxylation sites is 2. The van der Waals surface area contributed by atoms with E-state index in [1.165, 1.54) is 0 Å². The molecule has 6 nitrogen and oxygen atoms in total. The topological polar surface area (TPSA) is 59.1 Å². The fourth-order valence-electron chi connectivity index (χ4n) is 5.32. The third kappa shape index (κ3) is 9.96. The fraction of sp³-hybridized carbons (Fsp3) is 0.350. The van der Waals surface area contributed by atoms with Gasteiger partial charge in [0.05, 0.1) is 0 Å². The summed E-state index contributed by atoms with van der Waals surface area (Å²) in [4.78, 5) is 31.0. The average Bonchev–Trinajstić information content (AvgIpc) is 3.04. The average molecular weight is 621 g/mol. The van der Waals surface area contributed by atoms with Crippen LogP contribution in [0.25, 0.3) is 0 Å². The molecule has 0 atom stereocenters. The molecule has 0 bridgehead atoms. The Morgan fingerprint density at radius 1 is 0.500 bits per heavy atom. The molecule has 46 heavy (non-hydrogen) atoms. The number of ether oxygens (including phenoxy) is 2. The van der Waals surface area contributed by atoms with Gasteiger partial charge in [0, 0.05) is 26.2 Å². The Balaban J connectivity index is 1.51. The van der Waals surface area contributed by atoms with Gasteiger partial charge in [0.15, 0.2) is 13.2 Å². The van der Waals surface area contributed by atoms with Crippen molar-refractivity contribution in [2.45, 2.75) is 65.5 Å². The molecule has 0 saturated carbocycles. The van der Waals surface area contributed by atoms with Crippen molar-refractivity contribution in [3.8, 4) is 11.5 Å². The molecule has 0 aliphatic heterocycles. The van der Waals surface area contributed by atoms with Gasteiger partial charge in [0.1, 0.15) is 11.5 Å². The van der Waals surface area contributed by atoms with Crippen molar-refractivity contribution in [2.75, 3.05) is 26.3 Å². The second-order valence-electron chi connectivity index (χ2n) is 13.7. The standard InChI is InChI=1S/C40H48N2O4/c1-39(2,3)33-21-13-15-23-35(33)45-29-37(43)41(27-31-17-9-7-10-18-31)25-26-42(28-32-19-11-8-12-20-32)38(44)30-46-36-24-16-14-22-34(36)40(4,5)6/h7-24H,25-30H2,1-6H3. The van der Waals surface area contributed by atoms with Crippen molar-refractivity contribution in [1.29, 1.82) is 0 Å². The molecule has 0 aliphatic rings. The molecular weight excluding hydrogens is 572 g/mol. The second-order valence-corrected chi connectivity index (χ2v) is 13.7. The maximum absolute atomic E-state index is 13.7. The number of rotatable bonds is 13. The summed E-state index contributed by atoms with van der Waals surface area (Å²) in [5.41, 5.74) is 3.85. The molecule has 0 heterocycles. The Labute approximate surface area is 275 Å². The lowest BCUT2D eigenvalue weighted by Crippen LogP contribution is -2.43. The van der Waals surface area contributed by atoms with Crippen LogP contribution in [0.2, 0.25) is 0 Å². The van der Waals surface area contributed by atoms with Crippen LogP contribution in [-0.4, -0.2) is 47.9 Å². The first-order valence-electron chi connectivity index (χ1n) is 16.0. The molecule has 0 saturated heterocycles. The predicted octanol–water partition coefficient (Wildman–Crippen LogP) is 7.80. The van der Waals surface area contributed by atoms with E-state index in [2.05, 4.69) is 41.5 Å². The van der Waals surface area contributed by atoms with Crippen LogP contribution in [0, 0.1) is 0 Å². The van der Waals surface area contributed by atoms with E-state index in [9.17, 15) is 9.59 Å². The monoisotopic (exact) mass is 620 g/mol. The lowest BCUT2D eigenvalue weighted by molar-refractivity contribution is -0.138. The SMILES string of the molecule is CC(C)(C)c1ccccc1OCC(=O)N(CCN(Cc1ccccc1)C(=O)COc1ccccc1C(C)(C)C)Cc1ccccc1. The van der Waals surface area contributed by atoms with Gasteiger partial charge in [-0.25, -0.2) is 0 Å². The number of carbonyl (C=O) groups is 2. The minimum Gasteiger partial charge on any atom is -0.483 e. The molecule has 2 amide bonds. The van der Waals surface area contributed by atoms with Crippen LogP contribution < -0.4 is 9.47 Å². The van der Waals surface area contributed by atoms with Crippen molar-refractivity contribution in [1.82, 2.24) is 9.80 Å². The lowest BCUT2D eigenvalue weighted by Gasteiger charge is -2.29. The summed E-state index contributed by atoms with van der Waals surface area (Å²) in [6.45, 7) is 14.1. The van der Waals surface area contributed by atoms with Crippen molar-refractivity contribution < 1.29 is 19.1 Å². The smallest absolute Gasteiger partial charge is 0.260 e. The van der Waals surface area contributed by atoms with Crippen LogP contribution in [0.3, 0.4) is 0 Å². The van der Waals surface area contributed by atoms with Gasteiger partial charge in [-0.05, 0) is 45.2 Å². The molecular formula is C40H48N2O4. The summed E-state index contributed by atoms with van der Waals surface area (Å²) < 4.78 is 12.3. The Morgan fingerprint density at radius 3 is 1.17 bits per heavy atom. The van der Waals surface area contributed by atoms with Gasteiger partial charge >= 0.3 is 0 Å². The van der Waals surface area contributed by atoms with Gasteiger partial charge in [-0.1, -0.05) is 139 Å². The zero-order valence-electron chi connectivity index (χ0n) is 28.2. The molecule has 0 aliphatic carbocycles. The molecule has 0 N–H and O–H groups in total. The van der Waals surface area contributed by atoms with Crippen LogP contribution in [0.5, 0.6) is 11.5 Å². The molecule has 242 valence electrons. The first-order chi connectivity index (χ1) is 21.9. The molecule has 4 aromatic rings. The van der Waals surface area contributed by atoms with E-state index in [1.807, 2.05) is 109 Å². The highest BCUT2D eigenvalue weighted by Crippen LogP contribution is 2.32. The van der Waals surface area contributed by atoms with E-state index >= 15 is 0 Å². The maximum Gasteiger partial charge on any atom is 0.260 e. The summed E-state index contributed by atoms with van der Waals surface area (Å²) in [5, 5.41) is 0. The van der Waals surface area contributed by atoms with Crippen LogP contribution in [0.4, 0.5) is 0 Å². The number of amides is 2. The summed E-state index contributed by atoms with van der Waals surface area (Å²) in [6.07, 6.45) is 0. The van der Waals surface area contributed by atoms with Crippen LogP contribution in [-0.2, 0) is 33.5 Å². The quantitative estimate of drug-likeness (QED) is 0.153. The zero-order valence-corrected chi connectivity index (χ0v) is 28.2. The van der Waals surface area contributed by atoms with Crippen molar-refractivity contribution in [3.05, 3.63) is 131 Å². The molecule has 0 fully saturated rings. The van der Waals surface area contributed by atoms with Gasteiger partial charge in [-0.3, -0.25) is 9.59 Å². The minimum atomic E-state index is -0.143. The predicted molar refractivity (Wildman–Crippen MR) is 185 cm³/mol. The van der Waals surface area contributed by atoms with Gasteiger partial charge in [0.2, 0.25) is 0 Å². The zero-order chi connectivity index (χ0) is 33.2. The van der Waals surface area contributed by atoms with E-state index < -0.39 is 0 Å². The summed E-state index contributed by atoms with van der Waals surface area (Å²) in [5.74, 6) is 1.12. The van der Waals surface area contributed by atoms with E-state index in [0.717, 1.165) is 22.3 Å². The number of benzene rings is 4. The van der Waals surface area contributed by atoms with Crippen LogP contribution >= 0.6 is 0 Å². The van der Waals surface area contributed by atoms with E-state index in [4.69, 9.17) is 9.47 Å². The largest absolute Gasteiger partial charge is 0.483 e. The van der Waals surface area contributed by atoms with Crippen molar-refractivity contribution in [3.63, 3.8) is 0 Å². The third-order valence-electron chi connectivity index (χ3n) is 7.87. The first kappa shape index (κ1) is 34.3. The third-order valence-corrected chi connectivity index (χ3v) is 7.87. The van der Waals surface area contributed by atoms with E-state index in [-0.39, 0.29) is 35.9 Å². The molecule has 4 rings (SSSR count). The van der Waals surface area contributed by atoms with Gasteiger partial charge in [-0.2, -0.15) is 0 Å². The highest BCUT2D eigenvalue weighted by molar-refractivity contribution is 5.79. The summed E-state index contributed by atoms with van der Waals surface area (Å²) >= 11 is 0. The molecule has 4 aromatic carbocycles. The van der Waals surface area contributed by atoms with Crippen molar-refractivity contribution >= 4 is 11.8 Å². The Kier molecular flexibility index (Phi) is 11.6. The number of carbonyl (C=O) groups excluding carboxylic acids is 2. The normalized spacial score (nSPS) is 11.5. The summed E-state index contributed by atoms with van der Waals surface area (Å²) in [7, 11) is 0. The van der Waals surface area contributed by atoms with Crippen LogP contribution in [0.1, 0.15) is 63.8 Å². The molecule has 0 unspecified atom stereocenters. The maximum atomic E-state index is 13.7. The second kappa shape index (κ2) is 15.6. The van der Waals surface area contributed by atoms with Gasteiger partial charge < -0.3 is 19.3 Å². The highest BCUT2D eigenvalue weighted by Gasteiger charge is 2.24. The van der Waals surface area contributed by atoms with Crippen LogP contribution in [0.15, 0.2) is 109 Å². The van der Waals surface area contributed by atoms with E-state index in [1.54, 1.807) is 9.80 Å². The first-order valence-corrected chi connectivity index (χ1v) is 16.0. The lowest BCUT2D eigenvalue weighted by atomic mass is 9.86. The van der Waals surface area contributed by atoms with E-state index in [0.29, 0.717) is 37.7 Å². The number of nitrogens with zero attached hydrogens (tertiary/aromatic N) is 2.